The van der Waals surface area contributed by atoms with Crippen LogP contribution in [0.5, 0.6) is 0 Å². The SMILES string of the molecule is Cn1c(CCc2ccccc2C(=O)O)nc2cccnc21. The molecular formula is C16H15N3O2. The molecule has 0 spiro atoms. The zero-order valence-corrected chi connectivity index (χ0v) is 11.7. The lowest BCUT2D eigenvalue weighted by atomic mass is 10.0. The van der Waals surface area contributed by atoms with E-state index in [0.29, 0.717) is 18.4 Å². The first-order chi connectivity index (χ1) is 10.2. The fourth-order valence-corrected chi connectivity index (χ4v) is 2.49. The highest BCUT2D eigenvalue weighted by molar-refractivity contribution is 5.89. The van der Waals surface area contributed by atoms with Gasteiger partial charge in [-0.15, -0.1) is 0 Å². The third-order valence-electron chi connectivity index (χ3n) is 3.59. The summed E-state index contributed by atoms with van der Waals surface area (Å²) in [7, 11) is 1.93. The lowest BCUT2D eigenvalue weighted by molar-refractivity contribution is 0.0695. The number of pyridine rings is 1. The predicted molar refractivity (Wildman–Crippen MR) is 79.3 cm³/mol. The van der Waals surface area contributed by atoms with Crippen LogP contribution in [0.1, 0.15) is 21.7 Å². The van der Waals surface area contributed by atoms with Crippen molar-refractivity contribution >= 4 is 17.1 Å². The molecule has 0 saturated heterocycles. The molecule has 0 aliphatic heterocycles. The zero-order valence-electron chi connectivity index (χ0n) is 11.7. The quantitative estimate of drug-likeness (QED) is 0.797. The van der Waals surface area contributed by atoms with Gasteiger partial charge >= 0.3 is 5.97 Å². The fraction of sp³-hybridized carbons (Fsp3) is 0.188. The minimum Gasteiger partial charge on any atom is -0.478 e. The van der Waals surface area contributed by atoms with E-state index in [9.17, 15) is 9.90 Å². The van der Waals surface area contributed by atoms with Crippen LogP contribution >= 0.6 is 0 Å². The first kappa shape index (κ1) is 13.3. The topological polar surface area (TPSA) is 68.0 Å². The van der Waals surface area contributed by atoms with Crippen LogP contribution in [0.15, 0.2) is 42.6 Å². The number of aromatic nitrogens is 3. The Kier molecular flexibility index (Phi) is 3.39. The number of rotatable bonds is 4. The number of benzene rings is 1. The molecular weight excluding hydrogens is 266 g/mol. The summed E-state index contributed by atoms with van der Waals surface area (Å²) >= 11 is 0. The number of nitrogens with zero attached hydrogens (tertiary/aromatic N) is 3. The maximum atomic E-state index is 11.2. The Morgan fingerprint density at radius 3 is 2.76 bits per heavy atom. The van der Waals surface area contributed by atoms with E-state index < -0.39 is 5.97 Å². The third kappa shape index (κ3) is 2.50. The third-order valence-corrected chi connectivity index (χ3v) is 3.59. The molecule has 5 heteroatoms. The molecule has 3 rings (SSSR count). The number of carbonyl (C=O) groups is 1. The van der Waals surface area contributed by atoms with Crippen molar-refractivity contribution < 1.29 is 9.90 Å². The Bertz CT molecular complexity index is 808. The van der Waals surface area contributed by atoms with Crippen molar-refractivity contribution in [2.45, 2.75) is 12.8 Å². The highest BCUT2D eigenvalue weighted by Gasteiger charge is 2.12. The molecule has 0 radical (unpaired) electrons. The predicted octanol–water partition coefficient (Wildman–Crippen LogP) is 2.45. The van der Waals surface area contributed by atoms with E-state index in [-0.39, 0.29) is 0 Å². The number of imidazole rings is 1. The highest BCUT2D eigenvalue weighted by Crippen LogP contribution is 2.15. The van der Waals surface area contributed by atoms with E-state index >= 15 is 0 Å². The van der Waals surface area contributed by atoms with E-state index in [1.807, 2.05) is 35.9 Å². The lowest BCUT2D eigenvalue weighted by Gasteiger charge is -2.06. The van der Waals surface area contributed by atoms with Crippen molar-refractivity contribution in [1.29, 1.82) is 0 Å². The van der Waals surface area contributed by atoms with Gasteiger partial charge in [0.1, 0.15) is 11.3 Å². The zero-order chi connectivity index (χ0) is 14.8. The number of fused-ring (bicyclic) bond motifs is 1. The first-order valence-corrected chi connectivity index (χ1v) is 6.74. The van der Waals surface area contributed by atoms with Crippen molar-refractivity contribution in [3.63, 3.8) is 0 Å². The van der Waals surface area contributed by atoms with Gasteiger partial charge in [-0.3, -0.25) is 0 Å². The van der Waals surface area contributed by atoms with Gasteiger partial charge in [-0.05, 0) is 30.2 Å². The van der Waals surface area contributed by atoms with Crippen LogP contribution in [0.2, 0.25) is 0 Å². The van der Waals surface area contributed by atoms with Gasteiger partial charge in [0.15, 0.2) is 5.65 Å². The first-order valence-electron chi connectivity index (χ1n) is 6.74. The molecule has 0 atom stereocenters. The van der Waals surface area contributed by atoms with E-state index in [2.05, 4.69) is 9.97 Å². The molecule has 2 aromatic heterocycles. The minimum atomic E-state index is -0.891. The van der Waals surface area contributed by atoms with E-state index in [1.54, 1.807) is 18.3 Å². The average molecular weight is 281 g/mol. The Labute approximate surface area is 121 Å². The summed E-state index contributed by atoms with van der Waals surface area (Å²) < 4.78 is 1.96. The van der Waals surface area contributed by atoms with E-state index in [1.165, 1.54) is 0 Å². The Hall–Kier alpha value is -2.69. The molecule has 1 aromatic carbocycles. The molecule has 5 nitrogen and oxygen atoms in total. The number of carboxylic acids is 1. The Morgan fingerprint density at radius 1 is 1.19 bits per heavy atom. The Balaban J connectivity index is 1.87. The van der Waals surface area contributed by atoms with Crippen LogP contribution in [0.25, 0.3) is 11.2 Å². The number of hydrogen-bond acceptors (Lipinski definition) is 3. The normalized spacial score (nSPS) is 10.9. The number of carboxylic acid groups (broad SMARTS) is 1. The monoisotopic (exact) mass is 281 g/mol. The van der Waals surface area contributed by atoms with Gasteiger partial charge in [0.05, 0.1) is 5.56 Å². The maximum absolute atomic E-state index is 11.2. The number of aryl methyl sites for hydroxylation is 3. The summed E-state index contributed by atoms with van der Waals surface area (Å²) in [6, 6.07) is 10.9. The number of hydrogen-bond donors (Lipinski definition) is 1. The standard InChI is InChI=1S/C16H15N3O2/c1-19-14(18-13-7-4-10-17-15(13)19)9-8-11-5-2-3-6-12(11)16(20)21/h2-7,10H,8-9H2,1H3,(H,20,21). The second kappa shape index (κ2) is 5.36. The van der Waals surface area contributed by atoms with Gasteiger partial charge < -0.3 is 9.67 Å². The highest BCUT2D eigenvalue weighted by atomic mass is 16.4. The average Bonchev–Trinajstić information content (AvgIpc) is 2.82. The maximum Gasteiger partial charge on any atom is 0.335 e. The van der Waals surface area contributed by atoms with Crippen molar-refractivity contribution in [2.24, 2.45) is 7.05 Å². The molecule has 0 amide bonds. The summed E-state index contributed by atoms with van der Waals surface area (Å²) in [6.07, 6.45) is 3.06. The van der Waals surface area contributed by atoms with E-state index in [0.717, 1.165) is 22.6 Å². The molecule has 0 bridgehead atoms. The fourth-order valence-electron chi connectivity index (χ4n) is 2.49. The summed E-state index contributed by atoms with van der Waals surface area (Å²) in [5, 5.41) is 9.20. The smallest absolute Gasteiger partial charge is 0.335 e. The van der Waals surface area contributed by atoms with Gasteiger partial charge in [-0.2, -0.15) is 0 Å². The Morgan fingerprint density at radius 2 is 2.00 bits per heavy atom. The molecule has 0 unspecified atom stereocenters. The second-order valence-corrected chi connectivity index (χ2v) is 4.90. The van der Waals surface area contributed by atoms with E-state index in [4.69, 9.17) is 0 Å². The van der Waals surface area contributed by atoms with Crippen molar-refractivity contribution in [3.8, 4) is 0 Å². The summed E-state index contributed by atoms with van der Waals surface area (Å²) in [5.74, 6) is 0.0150. The van der Waals surface area contributed by atoms with Gasteiger partial charge in [0, 0.05) is 19.7 Å². The largest absolute Gasteiger partial charge is 0.478 e. The second-order valence-electron chi connectivity index (χ2n) is 4.90. The van der Waals surface area contributed by atoms with Crippen LogP contribution in [0.4, 0.5) is 0 Å². The van der Waals surface area contributed by atoms with Crippen LogP contribution in [0.3, 0.4) is 0 Å². The van der Waals surface area contributed by atoms with Crippen LogP contribution in [0, 0.1) is 0 Å². The van der Waals surface area contributed by atoms with Gasteiger partial charge in [-0.25, -0.2) is 14.8 Å². The summed E-state index contributed by atoms with van der Waals surface area (Å²) in [5.41, 5.74) is 2.89. The number of aromatic carboxylic acids is 1. The molecule has 2 heterocycles. The van der Waals surface area contributed by atoms with Crippen molar-refractivity contribution in [2.75, 3.05) is 0 Å². The van der Waals surface area contributed by atoms with Crippen LogP contribution in [-0.2, 0) is 19.9 Å². The van der Waals surface area contributed by atoms with Crippen molar-refractivity contribution in [1.82, 2.24) is 14.5 Å². The molecule has 0 aliphatic carbocycles. The molecule has 1 N–H and O–H groups in total. The molecule has 0 aliphatic rings. The van der Waals surface area contributed by atoms with Gasteiger partial charge in [0.2, 0.25) is 0 Å². The molecule has 106 valence electrons. The van der Waals surface area contributed by atoms with Gasteiger partial charge in [-0.1, -0.05) is 18.2 Å². The molecule has 0 saturated carbocycles. The van der Waals surface area contributed by atoms with Gasteiger partial charge in [0.25, 0.3) is 0 Å². The van der Waals surface area contributed by atoms with Crippen LogP contribution in [-0.4, -0.2) is 25.6 Å². The summed E-state index contributed by atoms with van der Waals surface area (Å²) in [4.78, 5) is 20.1. The molecule has 0 fully saturated rings. The molecule has 21 heavy (non-hydrogen) atoms. The summed E-state index contributed by atoms with van der Waals surface area (Å²) in [6.45, 7) is 0. The van der Waals surface area contributed by atoms with Crippen molar-refractivity contribution in [3.05, 3.63) is 59.5 Å². The lowest BCUT2D eigenvalue weighted by Crippen LogP contribution is -2.06. The minimum absolute atomic E-state index is 0.356. The molecule has 3 aromatic rings. The van der Waals surface area contributed by atoms with Crippen LogP contribution < -0.4 is 0 Å².